The largest absolute Gasteiger partial charge is 0.366 e. The van der Waals surface area contributed by atoms with E-state index < -0.39 is 5.91 Å². The molecule has 0 aliphatic heterocycles. The molecule has 70 valence electrons. The van der Waals surface area contributed by atoms with Crippen molar-refractivity contribution in [3.63, 3.8) is 0 Å². The van der Waals surface area contributed by atoms with Crippen molar-refractivity contribution in [3.8, 4) is 0 Å². The Hall–Kier alpha value is -1.39. The lowest BCUT2D eigenvalue weighted by Gasteiger charge is -2.09. The van der Waals surface area contributed by atoms with Crippen molar-refractivity contribution in [1.82, 2.24) is 0 Å². The van der Waals surface area contributed by atoms with Gasteiger partial charge in [0.1, 0.15) is 0 Å². The lowest BCUT2D eigenvalue weighted by atomic mass is 10.0. The average molecular weight is 179 g/mol. The highest BCUT2D eigenvalue weighted by atomic mass is 16.1. The zero-order valence-electron chi connectivity index (χ0n) is 7.23. The summed E-state index contributed by atoms with van der Waals surface area (Å²) in [5.41, 5.74) is 17.5. The van der Waals surface area contributed by atoms with Gasteiger partial charge in [0.15, 0.2) is 0 Å². The first-order valence-electron chi connectivity index (χ1n) is 4.00. The third-order valence-corrected chi connectivity index (χ3v) is 1.85. The molecular weight excluding hydrogens is 166 g/mol. The summed E-state index contributed by atoms with van der Waals surface area (Å²) >= 11 is 0. The smallest absolute Gasteiger partial charge is 0.248 e. The first kappa shape index (κ1) is 9.70. The predicted molar refractivity (Wildman–Crippen MR) is 50.9 cm³/mol. The number of hydrogen-bond acceptors (Lipinski definition) is 3. The highest BCUT2D eigenvalue weighted by Crippen LogP contribution is 2.10. The van der Waals surface area contributed by atoms with Gasteiger partial charge in [-0.2, -0.15) is 0 Å². The van der Waals surface area contributed by atoms with Gasteiger partial charge in [-0.1, -0.05) is 12.1 Å². The fourth-order valence-corrected chi connectivity index (χ4v) is 1.06. The quantitative estimate of drug-likeness (QED) is 0.596. The third-order valence-electron chi connectivity index (χ3n) is 1.85. The molecule has 1 aromatic rings. The maximum atomic E-state index is 10.8. The summed E-state index contributed by atoms with van der Waals surface area (Å²) in [6.45, 7) is 0.349. The third kappa shape index (κ3) is 2.27. The van der Waals surface area contributed by atoms with Crippen LogP contribution in [-0.2, 0) is 0 Å². The molecule has 0 saturated heterocycles. The van der Waals surface area contributed by atoms with Gasteiger partial charge >= 0.3 is 0 Å². The van der Waals surface area contributed by atoms with Gasteiger partial charge in [-0.25, -0.2) is 0 Å². The van der Waals surface area contributed by atoms with Crippen molar-refractivity contribution in [2.24, 2.45) is 17.2 Å². The molecule has 0 saturated carbocycles. The molecular formula is C9H13N3O. The molecule has 13 heavy (non-hydrogen) atoms. The molecule has 0 radical (unpaired) electrons. The van der Waals surface area contributed by atoms with Crippen LogP contribution in [0.15, 0.2) is 24.3 Å². The molecule has 0 aliphatic carbocycles. The van der Waals surface area contributed by atoms with Crippen LogP contribution >= 0.6 is 0 Å². The maximum Gasteiger partial charge on any atom is 0.248 e. The fraction of sp³-hybridized carbons (Fsp3) is 0.222. The number of carbonyl (C=O) groups is 1. The lowest BCUT2D eigenvalue weighted by molar-refractivity contribution is 0.1000. The van der Waals surface area contributed by atoms with E-state index in [-0.39, 0.29) is 6.04 Å². The van der Waals surface area contributed by atoms with Gasteiger partial charge in [0, 0.05) is 18.2 Å². The van der Waals surface area contributed by atoms with Gasteiger partial charge in [0.05, 0.1) is 0 Å². The van der Waals surface area contributed by atoms with Crippen LogP contribution in [0.1, 0.15) is 22.0 Å². The molecule has 0 fully saturated rings. The van der Waals surface area contributed by atoms with Gasteiger partial charge in [-0.15, -0.1) is 0 Å². The first-order chi connectivity index (χ1) is 6.15. The van der Waals surface area contributed by atoms with Gasteiger partial charge in [0.2, 0.25) is 5.91 Å². The van der Waals surface area contributed by atoms with Crippen LogP contribution < -0.4 is 17.2 Å². The Bertz CT molecular complexity index is 311. The lowest BCUT2D eigenvalue weighted by Crippen LogP contribution is -2.21. The molecule has 0 heterocycles. The van der Waals surface area contributed by atoms with E-state index in [2.05, 4.69) is 0 Å². The molecule has 4 heteroatoms. The Balaban J connectivity index is 2.98. The Kier molecular flexibility index (Phi) is 3.00. The molecule has 1 atom stereocenters. The Labute approximate surface area is 76.7 Å². The molecule has 1 rings (SSSR count). The molecule has 1 amide bonds. The topological polar surface area (TPSA) is 95.1 Å². The summed E-state index contributed by atoms with van der Waals surface area (Å²) in [7, 11) is 0. The summed E-state index contributed by atoms with van der Waals surface area (Å²) in [6, 6.07) is 6.64. The van der Waals surface area contributed by atoms with E-state index in [1.54, 1.807) is 18.2 Å². The highest BCUT2D eigenvalue weighted by molar-refractivity contribution is 5.92. The van der Waals surface area contributed by atoms with Crippen LogP contribution in [-0.4, -0.2) is 12.5 Å². The second kappa shape index (κ2) is 4.02. The van der Waals surface area contributed by atoms with Crippen molar-refractivity contribution in [1.29, 1.82) is 0 Å². The second-order valence-electron chi connectivity index (χ2n) is 2.83. The van der Waals surface area contributed by atoms with Gasteiger partial charge in [-0.3, -0.25) is 4.79 Å². The monoisotopic (exact) mass is 179 g/mol. The average Bonchev–Trinajstić information content (AvgIpc) is 2.17. The van der Waals surface area contributed by atoms with E-state index in [0.29, 0.717) is 12.1 Å². The van der Waals surface area contributed by atoms with Crippen LogP contribution in [0.25, 0.3) is 0 Å². The van der Waals surface area contributed by atoms with Crippen molar-refractivity contribution < 1.29 is 4.79 Å². The van der Waals surface area contributed by atoms with Gasteiger partial charge in [0.25, 0.3) is 0 Å². The Morgan fingerprint density at radius 1 is 1.46 bits per heavy atom. The van der Waals surface area contributed by atoms with E-state index in [1.807, 2.05) is 6.07 Å². The predicted octanol–water partition coefficient (Wildman–Crippen LogP) is -0.256. The van der Waals surface area contributed by atoms with Crippen LogP contribution in [0, 0.1) is 0 Å². The molecule has 0 aliphatic rings. The van der Waals surface area contributed by atoms with Crippen molar-refractivity contribution in [2.45, 2.75) is 6.04 Å². The number of rotatable bonds is 3. The minimum Gasteiger partial charge on any atom is -0.366 e. The number of carbonyl (C=O) groups excluding carboxylic acids is 1. The number of benzene rings is 1. The SMILES string of the molecule is NC[C@@H](N)c1cccc(C(N)=O)c1. The summed E-state index contributed by atoms with van der Waals surface area (Å²) in [4.78, 5) is 10.8. The van der Waals surface area contributed by atoms with Crippen molar-refractivity contribution in [3.05, 3.63) is 35.4 Å². The van der Waals surface area contributed by atoms with Gasteiger partial charge in [-0.05, 0) is 17.7 Å². The molecule has 1 aromatic carbocycles. The maximum absolute atomic E-state index is 10.8. The van der Waals surface area contributed by atoms with E-state index in [0.717, 1.165) is 5.56 Å². The Morgan fingerprint density at radius 3 is 2.69 bits per heavy atom. The number of primary amides is 1. The number of amides is 1. The van der Waals surface area contributed by atoms with E-state index in [4.69, 9.17) is 17.2 Å². The standard InChI is InChI=1S/C9H13N3O/c10-5-8(11)6-2-1-3-7(4-6)9(12)13/h1-4,8H,5,10-11H2,(H2,12,13)/t8-/m1/s1. The van der Waals surface area contributed by atoms with E-state index >= 15 is 0 Å². The Morgan fingerprint density at radius 2 is 2.15 bits per heavy atom. The van der Waals surface area contributed by atoms with Crippen LogP contribution in [0.4, 0.5) is 0 Å². The summed E-state index contributed by atoms with van der Waals surface area (Å²) in [6.07, 6.45) is 0. The first-order valence-corrected chi connectivity index (χ1v) is 4.00. The molecule has 6 N–H and O–H groups in total. The van der Waals surface area contributed by atoms with Crippen LogP contribution in [0.5, 0.6) is 0 Å². The zero-order valence-corrected chi connectivity index (χ0v) is 7.23. The van der Waals surface area contributed by atoms with Crippen molar-refractivity contribution in [2.75, 3.05) is 6.54 Å². The highest BCUT2D eigenvalue weighted by Gasteiger charge is 2.05. The summed E-state index contributed by atoms with van der Waals surface area (Å²) in [5, 5.41) is 0. The summed E-state index contributed by atoms with van der Waals surface area (Å²) in [5.74, 6) is -0.453. The number of hydrogen-bond donors (Lipinski definition) is 3. The molecule has 0 unspecified atom stereocenters. The van der Waals surface area contributed by atoms with Crippen LogP contribution in [0.3, 0.4) is 0 Å². The van der Waals surface area contributed by atoms with E-state index in [9.17, 15) is 4.79 Å². The zero-order chi connectivity index (χ0) is 9.84. The van der Waals surface area contributed by atoms with Crippen molar-refractivity contribution >= 4 is 5.91 Å². The van der Waals surface area contributed by atoms with Gasteiger partial charge < -0.3 is 17.2 Å². The normalized spacial score (nSPS) is 12.5. The number of nitrogens with two attached hydrogens (primary N) is 3. The molecule has 0 aromatic heterocycles. The molecule has 0 spiro atoms. The van der Waals surface area contributed by atoms with Crippen LogP contribution in [0.2, 0.25) is 0 Å². The minimum absolute atomic E-state index is 0.237. The van der Waals surface area contributed by atoms with E-state index in [1.165, 1.54) is 0 Å². The molecule has 0 bridgehead atoms. The summed E-state index contributed by atoms with van der Waals surface area (Å²) < 4.78 is 0. The fourth-order valence-electron chi connectivity index (χ4n) is 1.06. The minimum atomic E-state index is -0.453. The second-order valence-corrected chi connectivity index (χ2v) is 2.83. The molecule has 4 nitrogen and oxygen atoms in total.